The van der Waals surface area contributed by atoms with E-state index in [2.05, 4.69) is 81.4 Å². The molecule has 0 amide bonds. The SMILES string of the molecule is COc1cccc(CN(Cc2cccc(N3CCCC3)c2)c2ccc(OCCOCCN3CCOCC3)cc2)c1. The van der Waals surface area contributed by atoms with Crippen molar-refractivity contribution in [3.63, 3.8) is 0 Å². The minimum atomic E-state index is 0.541. The largest absolute Gasteiger partial charge is 0.497 e. The molecule has 0 N–H and O–H groups in total. The molecule has 3 aromatic rings. The van der Waals surface area contributed by atoms with E-state index in [4.69, 9.17) is 18.9 Å². The van der Waals surface area contributed by atoms with E-state index >= 15 is 0 Å². The van der Waals surface area contributed by atoms with Crippen LogP contribution in [0.15, 0.2) is 72.8 Å². The molecule has 2 saturated heterocycles. The predicted molar refractivity (Wildman–Crippen MR) is 161 cm³/mol. The highest BCUT2D eigenvalue weighted by Crippen LogP contribution is 2.27. The molecular weight excluding hydrogens is 502 g/mol. The Bertz CT molecular complexity index is 1160. The second-order valence-electron chi connectivity index (χ2n) is 10.5. The Hall–Kier alpha value is -3.26. The van der Waals surface area contributed by atoms with Crippen molar-refractivity contribution < 1.29 is 18.9 Å². The van der Waals surface area contributed by atoms with E-state index in [1.54, 1.807) is 7.11 Å². The van der Waals surface area contributed by atoms with E-state index < -0.39 is 0 Å². The van der Waals surface area contributed by atoms with Crippen molar-refractivity contribution in [1.82, 2.24) is 4.90 Å². The lowest BCUT2D eigenvalue weighted by molar-refractivity contribution is 0.0170. The van der Waals surface area contributed by atoms with Crippen LogP contribution in [-0.2, 0) is 22.6 Å². The van der Waals surface area contributed by atoms with E-state index in [1.807, 2.05) is 6.07 Å². The molecule has 0 unspecified atom stereocenters. The van der Waals surface area contributed by atoms with Crippen LogP contribution in [0.3, 0.4) is 0 Å². The zero-order valence-corrected chi connectivity index (χ0v) is 23.8. The predicted octanol–water partition coefficient (Wildman–Crippen LogP) is 5.23. The smallest absolute Gasteiger partial charge is 0.119 e. The molecule has 214 valence electrons. The third-order valence-electron chi connectivity index (χ3n) is 7.62. The molecule has 0 radical (unpaired) electrons. The number of rotatable bonds is 14. The lowest BCUT2D eigenvalue weighted by atomic mass is 10.1. The number of anilines is 2. The molecule has 5 rings (SSSR count). The van der Waals surface area contributed by atoms with Gasteiger partial charge in [0, 0.05) is 57.2 Å². The molecule has 2 aliphatic rings. The highest BCUT2D eigenvalue weighted by atomic mass is 16.5. The first-order valence-corrected chi connectivity index (χ1v) is 14.6. The molecule has 2 heterocycles. The van der Waals surface area contributed by atoms with Crippen molar-refractivity contribution >= 4 is 11.4 Å². The first-order chi connectivity index (χ1) is 19.8. The quantitative estimate of drug-likeness (QED) is 0.257. The molecule has 0 atom stereocenters. The zero-order chi connectivity index (χ0) is 27.4. The molecule has 2 aliphatic heterocycles. The highest BCUT2D eigenvalue weighted by Gasteiger charge is 2.15. The fourth-order valence-electron chi connectivity index (χ4n) is 5.37. The third kappa shape index (κ3) is 8.37. The summed E-state index contributed by atoms with van der Waals surface area (Å²) in [4.78, 5) is 7.29. The highest BCUT2D eigenvalue weighted by molar-refractivity contribution is 5.53. The standard InChI is InChI=1S/C33H43N3O4/c1-37-33-9-5-7-29(25-33)27-36(26-28-6-4-8-31(24-28)35-14-2-3-15-35)30-10-12-32(13-11-30)40-23-22-39-21-18-34-16-19-38-20-17-34/h4-13,24-25H,2-3,14-23,26-27H2,1H3. The maximum Gasteiger partial charge on any atom is 0.119 e. The Morgan fingerprint density at radius 1 is 0.750 bits per heavy atom. The van der Waals surface area contributed by atoms with Gasteiger partial charge >= 0.3 is 0 Å². The summed E-state index contributed by atoms with van der Waals surface area (Å²) in [6, 6.07) is 25.7. The number of ether oxygens (including phenoxy) is 4. The molecule has 0 aliphatic carbocycles. The second kappa shape index (κ2) is 14.9. The minimum Gasteiger partial charge on any atom is -0.497 e. The summed E-state index contributed by atoms with van der Waals surface area (Å²) in [5, 5.41) is 0. The van der Waals surface area contributed by atoms with E-state index in [0.717, 1.165) is 82.8 Å². The van der Waals surface area contributed by atoms with Gasteiger partial charge in [-0.15, -0.1) is 0 Å². The fraction of sp³-hybridized carbons (Fsp3) is 0.455. The Kier molecular flexibility index (Phi) is 10.6. The number of morpholine rings is 1. The molecule has 0 spiro atoms. The van der Waals surface area contributed by atoms with E-state index in [1.165, 1.54) is 29.7 Å². The van der Waals surface area contributed by atoms with Crippen molar-refractivity contribution in [1.29, 1.82) is 0 Å². The zero-order valence-electron chi connectivity index (χ0n) is 23.8. The van der Waals surface area contributed by atoms with Crippen LogP contribution in [0.5, 0.6) is 11.5 Å². The molecule has 0 bridgehead atoms. The first-order valence-electron chi connectivity index (χ1n) is 14.6. The van der Waals surface area contributed by atoms with Gasteiger partial charge < -0.3 is 28.7 Å². The normalized spacial score (nSPS) is 15.8. The average Bonchev–Trinajstić information content (AvgIpc) is 3.55. The van der Waals surface area contributed by atoms with Gasteiger partial charge in [-0.1, -0.05) is 24.3 Å². The van der Waals surface area contributed by atoms with Crippen molar-refractivity contribution in [2.75, 3.05) is 82.7 Å². The van der Waals surface area contributed by atoms with Crippen LogP contribution in [0.2, 0.25) is 0 Å². The Morgan fingerprint density at radius 3 is 2.23 bits per heavy atom. The lowest BCUT2D eigenvalue weighted by Crippen LogP contribution is -2.38. The lowest BCUT2D eigenvalue weighted by Gasteiger charge is -2.27. The van der Waals surface area contributed by atoms with E-state index in [0.29, 0.717) is 13.2 Å². The molecule has 3 aromatic carbocycles. The van der Waals surface area contributed by atoms with Crippen LogP contribution in [0.1, 0.15) is 24.0 Å². The monoisotopic (exact) mass is 545 g/mol. The number of hydrogen-bond donors (Lipinski definition) is 0. The second-order valence-corrected chi connectivity index (χ2v) is 10.5. The van der Waals surface area contributed by atoms with Crippen LogP contribution < -0.4 is 19.3 Å². The Morgan fingerprint density at radius 2 is 1.48 bits per heavy atom. The van der Waals surface area contributed by atoms with Crippen LogP contribution in [0.4, 0.5) is 11.4 Å². The molecule has 7 heteroatoms. The van der Waals surface area contributed by atoms with Gasteiger partial charge in [0.1, 0.15) is 18.1 Å². The Balaban J connectivity index is 1.19. The maximum atomic E-state index is 5.97. The maximum absolute atomic E-state index is 5.97. The average molecular weight is 546 g/mol. The van der Waals surface area contributed by atoms with Gasteiger partial charge in [0.05, 0.1) is 33.5 Å². The number of methoxy groups -OCH3 is 1. The summed E-state index contributed by atoms with van der Waals surface area (Å²) in [7, 11) is 1.72. The van der Waals surface area contributed by atoms with Crippen LogP contribution >= 0.6 is 0 Å². The number of benzene rings is 3. The van der Waals surface area contributed by atoms with Gasteiger partial charge in [0.15, 0.2) is 0 Å². The van der Waals surface area contributed by atoms with Gasteiger partial charge in [-0.25, -0.2) is 0 Å². The van der Waals surface area contributed by atoms with Crippen molar-refractivity contribution in [3.05, 3.63) is 83.9 Å². The fourth-order valence-corrected chi connectivity index (χ4v) is 5.37. The van der Waals surface area contributed by atoms with Gasteiger partial charge in [0.2, 0.25) is 0 Å². The summed E-state index contributed by atoms with van der Waals surface area (Å²) in [6.45, 7) is 10.3. The Labute approximate surface area is 239 Å². The summed E-state index contributed by atoms with van der Waals surface area (Å²) in [5.74, 6) is 1.74. The molecular formula is C33H43N3O4. The summed E-state index contributed by atoms with van der Waals surface area (Å²) < 4.78 is 22.6. The van der Waals surface area contributed by atoms with Crippen molar-refractivity contribution in [2.45, 2.75) is 25.9 Å². The third-order valence-corrected chi connectivity index (χ3v) is 7.62. The molecule has 2 fully saturated rings. The van der Waals surface area contributed by atoms with Crippen LogP contribution in [-0.4, -0.2) is 77.8 Å². The van der Waals surface area contributed by atoms with Crippen LogP contribution in [0.25, 0.3) is 0 Å². The molecule has 40 heavy (non-hydrogen) atoms. The van der Waals surface area contributed by atoms with Gasteiger partial charge in [-0.2, -0.15) is 0 Å². The number of nitrogens with zero attached hydrogens (tertiary/aromatic N) is 3. The van der Waals surface area contributed by atoms with Crippen molar-refractivity contribution in [3.8, 4) is 11.5 Å². The van der Waals surface area contributed by atoms with E-state index in [9.17, 15) is 0 Å². The number of hydrogen-bond acceptors (Lipinski definition) is 7. The van der Waals surface area contributed by atoms with Gasteiger partial charge in [-0.3, -0.25) is 4.90 Å². The summed E-state index contributed by atoms with van der Waals surface area (Å²) in [5.41, 5.74) is 5.00. The topological polar surface area (TPSA) is 46.6 Å². The summed E-state index contributed by atoms with van der Waals surface area (Å²) in [6.07, 6.45) is 2.56. The van der Waals surface area contributed by atoms with Crippen LogP contribution in [0, 0.1) is 0 Å². The van der Waals surface area contributed by atoms with Crippen molar-refractivity contribution in [2.24, 2.45) is 0 Å². The first kappa shape index (κ1) is 28.3. The molecule has 0 saturated carbocycles. The molecule has 7 nitrogen and oxygen atoms in total. The molecule has 0 aromatic heterocycles. The minimum absolute atomic E-state index is 0.541. The van der Waals surface area contributed by atoms with Gasteiger partial charge in [-0.05, 0) is 72.5 Å². The van der Waals surface area contributed by atoms with E-state index in [-0.39, 0.29) is 0 Å². The summed E-state index contributed by atoms with van der Waals surface area (Å²) >= 11 is 0. The van der Waals surface area contributed by atoms with Gasteiger partial charge in [0.25, 0.3) is 0 Å².